The summed E-state index contributed by atoms with van der Waals surface area (Å²) in [6.07, 6.45) is 1.78. The highest BCUT2D eigenvalue weighted by atomic mass is 16.4. The maximum atomic E-state index is 12.2. The normalized spacial score (nSPS) is 10.2. The highest BCUT2D eigenvalue weighted by Gasteiger charge is 2.15. The molecule has 1 rings (SSSR count). The van der Waals surface area contributed by atoms with Crippen LogP contribution in [0.3, 0.4) is 0 Å². The van der Waals surface area contributed by atoms with E-state index in [2.05, 4.69) is 5.32 Å². The number of carboxylic acids is 1. The van der Waals surface area contributed by atoms with Crippen LogP contribution in [-0.2, 0) is 0 Å². The van der Waals surface area contributed by atoms with Crippen LogP contribution in [0.1, 0.15) is 42.6 Å². The minimum Gasteiger partial charge on any atom is -0.478 e. The average molecular weight is 278 g/mol. The Balaban J connectivity index is 2.89. The number of hydrogen-bond acceptors (Lipinski definition) is 2. The van der Waals surface area contributed by atoms with Gasteiger partial charge in [-0.15, -0.1) is 0 Å². The topological polar surface area (TPSA) is 69.6 Å². The molecule has 5 heteroatoms. The van der Waals surface area contributed by atoms with Gasteiger partial charge in [-0.2, -0.15) is 0 Å². The third-order valence-electron chi connectivity index (χ3n) is 3.08. The van der Waals surface area contributed by atoms with Gasteiger partial charge in [0.2, 0.25) is 0 Å². The van der Waals surface area contributed by atoms with Crippen LogP contribution in [0.4, 0.5) is 10.5 Å². The molecule has 0 saturated heterocycles. The van der Waals surface area contributed by atoms with Crippen LogP contribution in [0.2, 0.25) is 0 Å². The molecule has 0 spiro atoms. The minimum absolute atomic E-state index is 0.181. The molecule has 0 atom stereocenters. The fraction of sp³-hybridized carbons (Fsp3) is 0.467. The molecular formula is C15H22N2O3. The van der Waals surface area contributed by atoms with Crippen molar-refractivity contribution in [3.8, 4) is 0 Å². The van der Waals surface area contributed by atoms with Crippen LogP contribution >= 0.6 is 0 Å². The lowest BCUT2D eigenvalue weighted by Gasteiger charge is -2.22. The number of anilines is 1. The van der Waals surface area contributed by atoms with Crippen molar-refractivity contribution in [2.45, 2.75) is 33.6 Å². The Morgan fingerprint density at radius 3 is 2.30 bits per heavy atom. The lowest BCUT2D eigenvalue weighted by Crippen LogP contribution is -2.36. The van der Waals surface area contributed by atoms with Crippen LogP contribution in [0, 0.1) is 6.92 Å². The average Bonchev–Trinajstić information content (AvgIpc) is 2.40. The van der Waals surface area contributed by atoms with Crippen molar-refractivity contribution in [2.24, 2.45) is 0 Å². The van der Waals surface area contributed by atoms with E-state index in [4.69, 9.17) is 5.11 Å². The van der Waals surface area contributed by atoms with Gasteiger partial charge in [0.1, 0.15) is 0 Å². The molecule has 0 unspecified atom stereocenters. The molecule has 110 valence electrons. The zero-order valence-corrected chi connectivity index (χ0v) is 12.3. The molecule has 2 amide bonds. The third kappa shape index (κ3) is 3.98. The second-order valence-electron chi connectivity index (χ2n) is 4.70. The molecule has 0 bridgehead atoms. The number of nitrogens with zero attached hydrogens (tertiary/aromatic N) is 1. The second-order valence-corrected chi connectivity index (χ2v) is 4.70. The smallest absolute Gasteiger partial charge is 0.336 e. The summed E-state index contributed by atoms with van der Waals surface area (Å²) >= 11 is 0. The fourth-order valence-electron chi connectivity index (χ4n) is 2.05. The van der Waals surface area contributed by atoms with E-state index in [9.17, 15) is 9.59 Å². The predicted molar refractivity (Wildman–Crippen MR) is 79.3 cm³/mol. The first-order valence-corrected chi connectivity index (χ1v) is 6.90. The molecule has 0 aromatic heterocycles. The summed E-state index contributed by atoms with van der Waals surface area (Å²) in [7, 11) is 0. The van der Waals surface area contributed by atoms with E-state index < -0.39 is 5.97 Å². The van der Waals surface area contributed by atoms with Gasteiger partial charge in [0, 0.05) is 18.8 Å². The largest absolute Gasteiger partial charge is 0.478 e. The SMILES string of the molecule is CCCN(CCC)C(=O)Nc1cccc(C(=O)O)c1C. The van der Waals surface area contributed by atoms with Gasteiger partial charge >= 0.3 is 12.0 Å². The number of rotatable bonds is 6. The Kier molecular flexibility index (Phi) is 6.03. The van der Waals surface area contributed by atoms with Crippen molar-refractivity contribution in [3.05, 3.63) is 29.3 Å². The summed E-state index contributed by atoms with van der Waals surface area (Å²) in [5, 5.41) is 11.9. The maximum Gasteiger partial charge on any atom is 0.336 e. The molecule has 1 aromatic carbocycles. The molecule has 0 radical (unpaired) electrons. The number of hydrogen-bond donors (Lipinski definition) is 2. The van der Waals surface area contributed by atoms with Crippen molar-refractivity contribution in [1.82, 2.24) is 4.90 Å². The zero-order chi connectivity index (χ0) is 15.1. The molecule has 2 N–H and O–H groups in total. The van der Waals surface area contributed by atoms with Crippen LogP contribution < -0.4 is 5.32 Å². The van der Waals surface area contributed by atoms with Gasteiger partial charge in [0.15, 0.2) is 0 Å². The van der Waals surface area contributed by atoms with Gasteiger partial charge < -0.3 is 15.3 Å². The monoisotopic (exact) mass is 278 g/mol. The van der Waals surface area contributed by atoms with Crippen LogP contribution in [0.15, 0.2) is 18.2 Å². The quantitative estimate of drug-likeness (QED) is 0.838. The van der Waals surface area contributed by atoms with Gasteiger partial charge in [-0.25, -0.2) is 9.59 Å². The van der Waals surface area contributed by atoms with E-state index in [1.807, 2.05) is 13.8 Å². The zero-order valence-electron chi connectivity index (χ0n) is 12.3. The highest BCUT2D eigenvalue weighted by molar-refractivity contribution is 5.95. The first-order chi connectivity index (χ1) is 9.51. The lowest BCUT2D eigenvalue weighted by atomic mass is 10.1. The molecule has 5 nitrogen and oxygen atoms in total. The van der Waals surface area contributed by atoms with Crippen molar-refractivity contribution in [3.63, 3.8) is 0 Å². The molecule has 0 aliphatic carbocycles. The molecule has 1 aromatic rings. The van der Waals surface area contributed by atoms with Crippen molar-refractivity contribution >= 4 is 17.7 Å². The summed E-state index contributed by atoms with van der Waals surface area (Å²) in [4.78, 5) is 25.0. The van der Waals surface area contributed by atoms with Crippen molar-refractivity contribution in [2.75, 3.05) is 18.4 Å². The number of carboxylic acid groups (broad SMARTS) is 1. The summed E-state index contributed by atoms with van der Waals surface area (Å²) in [6, 6.07) is 4.70. The summed E-state index contributed by atoms with van der Waals surface area (Å²) in [6.45, 7) is 7.12. The number of nitrogens with one attached hydrogen (secondary N) is 1. The highest BCUT2D eigenvalue weighted by Crippen LogP contribution is 2.19. The molecule has 0 aliphatic rings. The Hall–Kier alpha value is -2.04. The Labute approximate surface area is 119 Å². The van der Waals surface area contributed by atoms with Crippen molar-refractivity contribution in [1.29, 1.82) is 0 Å². The number of benzene rings is 1. The van der Waals surface area contributed by atoms with Gasteiger partial charge in [0.05, 0.1) is 5.56 Å². The van der Waals surface area contributed by atoms with E-state index in [0.717, 1.165) is 12.8 Å². The number of carbonyl (C=O) groups excluding carboxylic acids is 1. The van der Waals surface area contributed by atoms with Gasteiger partial charge in [-0.3, -0.25) is 0 Å². The summed E-state index contributed by atoms with van der Waals surface area (Å²) < 4.78 is 0. The number of urea groups is 1. The standard InChI is InChI=1S/C15H22N2O3/c1-4-9-17(10-5-2)15(20)16-13-8-6-7-12(11(13)3)14(18)19/h6-8H,4-5,9-10H2,1-3H3,(H,16,20)(H,18,19). The van der Waals surface area contributed by atoms with E-state index in [1.165, 1.54) is 6.07 Å². The molecule has 0 fully saturated rings. The van der Waals surface area contributed by atoms with Crippen LogP contribution in [0.25, 0.3) is 0 Å². The minimum atomic E-state index is -0.988. The maximum absolute atomic E-state index is 12.2. The first-order valence-electron chi connectivity index (χ1n) is 6.90. The van der Waals surface area contributed by atoms with E-state index in [1.54, 1.807) is 24.0 Å². The molecular weight excluding hydrogens is 256 g/mol. The number of carbonyl (C=O) groups is 2. The predicted octanol–water partition coefficient (Wildman–Crippen LogP) is 3.35. The van der Waals surface area contributed by atoms with E-state index >= 15 is 0 Å². The summed E-state index contributed by atoms with van der Waals surface area (Å²) in [5.74, 6) is -0.988. The molecule has 0 heterocycles. The van der Waals surface area contributed by atoms with Gasteiger partial charge in [0.25, 0.3) is 0 Å². The molecule has 20 heavy (non-hydrogen) atoms. The molecule has 0 saturated carbocycles. The Bertz CT molecular complexity index is 480. The van der Waals surface area contributed by atoms with Gasteiger partial charge in [-0.05, 0) is 37.5 Å². The fourth-order valence-corrected chi connectivity index (χ4v) is 2.05. The summed E-state index contributed by atoms with van der Waals surface area (Å²) in [5.41, 5.74) is 1.33. The van der Waals surface area contributed by atoms with Gasteiger partial charge in [-0.1, -0.05) is 19.9 Å². The second kappa shape index (κ2) is 7.53. The van der Waals surface area contributed by atoms with Crippen LogP contribution in [0.5, 0.6) is 0 Å². The Morgan fingerprint density at radius 1 is 1.20 bits per heavy atom. The van der Waals surface area contributed by atoms with E-state index in [-0.39, 0.29) is 11.6 Å². The Morgan fingerprint density at radius 2 is 1.80 bits per heavy atom. The lowest BCUT2D eigenvalue weighted by molar-refractivity contribution is 0.0696. The third-order valence-corrected chi connectivity index (χ3v) is 3.08. The number of aromatic carboxylic acids is 1. The number of amides is 2. The molecule has 0 aliphatic heterocycles. The van der Waals surface area contributed by atoms with Crippen LogP contribution in [-0.4, -0.2) is 35.1 Å². The van der Waals surface area contributed by atoms with Crippen molar-refractivity contribution < 1.29 is 14.7 Å². The van der Waals surface area contributed by atoms with E-state index in [0.29, 0.717) is 24.3 Å². The first kappa shape index (κ1) is 16.0.